The molecular weight excluding hydrogens is 397 g/mol. The molecule has 1 aliphatic heterocycles. The maximum Gasteiger partial charge on any atom is 0.279 e. The minimum absolute atomic E-state index is 0.128. The van der Waals surface area contributed by atoms with E-state index in [4.69, 9.17) is 34.8 Å². The van der Waals surface area contributed by atoms with Crippen LogP contribution in [-0.2, 0) is 4.79 Å². The Morgan fingerprint density at radius 2 is 1.73 bits per heavy atom. The van der Waals surface area contributed by atoms with E-state index in [1.54, 1.807) is 18.2 Å². The van der Waals surface area contributed by atoms with Gasteiger partial charge in [-0.05, 0) is 24.3 Å². The van der Waals surface area contributed by atoms with Gasteiger partial charge >= 0.3 is 0 Å². The number of nitrogens with zero attached hydrogens (tertiary/aromatic N) is 1. The number of anilines is 2. The van der Waals surface area contributed by atoms with Gasteiger partial charge in [-0.2, -0.15) is 0 Å². The molecule has 0 saturated carbocycles. The summed E-state index contributed by atoms with van der Waals surface area (Å²) in [5.74, 6) is 0.152. The van der Waals surface area contributed by atoms with Gasteiger partial charge in [0.05, 0.1) is 52.6 Å². The Morgan fingerprint density at radius 3 is 2.42 bits per heavy atom. The summed E-state index contributed by atoms with van der Waals surface area (Å²) in [5, 5.41) is 13.8. The van der Waals surface area contributed by atoms with Crippen molar-refractivity contribution in [3.63, 3.8) is 0 Å². The van der Waals surface area contributed by atoms with Gasteiger partial charge in [0.2, 0.25) is 0 Å². The van der Waals surface area contributed by atoms with Crippen LogP contribution in [0.1, 0.15) is 0 Å². The Bertz CT molecular complexity index is 808. The Kier molecular flexibility index (Phi) is 6.14. The molecule has 1 heterocycles. The third-order valence-electron chi connectivity index (χ3n) is 4.39. The van der Waals surface area contributed by atoms with Crippen LogP contribution in [0.4, 0.5) is 11.4 Å². The largest absolute Gasteiger partial charge is 0.506 e. The highest BCUT2D eigenvalue weighted by Crippen LogP contribution is 2.32. The normalized spacial score (nSPS) is 15.1. The first kappa shape index (κ1) is 19.1. The third-order valence-corrected chi connectivity index (χ3v) is 5.42. The number of rotatable bonds is 4. The van der Waals surface area contributed by atoms with Crippen LogP contribution in [0.5, 0.6) is 5.75 Å². The summed E-state index contributed by atoms with van der Waals surface area (Å²) in [6, 6.07) is 10.4. The van der Waals surface area contributed by atoms with Gasteiger partial charge in [-0.3, -0.25) is 4.79 Å². The zero-order valence-corrected chi connectivity index (χ0v) is 16.2. The molecule has 1 fully saturated rings. The smallest absolute Gasteiger partial charge is 0.279 e. The van der Waals surface area contributed by atoms with Crippen LogP contribution < -0.4 is 15.1 Å². The lowest BCUT2D eigenvalue weighted by Gasteiger charge is -2.33. The fourth-order valence-electron chi connectivity index (χ4n) is 3.01. The number of carbonyl (C=O) groups is 1. The first-order chi connectivity index (χ1) is 12.4. The number of carbonyl (C=O) groups excluding carboxylic acids is 1. The van der Waals surface area contributed by atoms with E-state index in [2.05, 4.69) is 10.2 Å². The van der Waals surface area contributed by atoms with E-state index in [9.17, 15) is 9.90 Å². The molecular formula is C18H19Cl3N3O2+. The summed E-state index contributed by atoms with van der Waals surface area (Å²) in [6.45, 7) is 3.49. The molecule has 2 aromatic rings. The molecule has 26 heavy (non-hydrogen) atoms. The van der Waals surface area contributed by atoms with Gasteiger partial charge in [0, 0.05) is 0 Å². The quantitative estimate of drug-likeness (QED) is 0.673. The number of phenolic OH excluding ortho intramolecular Hbond substituents is 1. The van der Waals surface area contributed by atoms with Gasteiger partial charge in [0.25, 0.3) is 5.91 Å². The van der Waals surface area contributed by atoms with Crippen LogP contribution in [0.25, 0.3) is 0 Å². The van der Waals surface area contributed by atoms with Crippen LogP contribution in [0.3, 0.4) is 0 Å². The molecule has 0 spiro atoms. The lowest BCUT2D eigenvalue weighted by atomic mass is 10.2. The second kappa shape index (κ2) is 8.35. The van der Waals surface area contributed by atoms with Crippen molar-refractivity contribution in [2.75, 3.05) is 42.9 Å². The Hall–Kier alpha value is -1.66. The number of nitrogens with one attached hydrogen (secondary N) is 2. The van der Waals surface area contributed by atoms with Crippen molar-refractivity contribution in [2.24, 2.45) is 0 Å². The van der Waals surface area contributed by atoms with Crippen LogP contribution >= 0.6 is 34.8 Å². The van der Waals surface area contributed by atoms with E-state index >= 15 is 0 Å². The molecule has 5 nitrogen and oxygen atoms in total. The number of benzene rings is 2. The molecule has 3 N–H and O–H groups in total. The van der Waals surface area contributed by atoms with E-state index in [1.165, 1.54) is 11.0 Å². The molecule has 0 radical (unpaired) electrons. The molecule has 1 saturated heterocycles. The van der Waals surface area contributed by atoms with E-state index in [0.29, 0.717) is 27.3 Å². The SMILES string of the molecule is O=C(C[NH+]1CCN(c2ccccc2O)CC1)Nc1cc(Cl)c(Cl)cc1Cl. The van der Waals surface area contributed by atoms with Crippen molar-refractivity contribution in [2.45, 2.75) is 0 Å². The second-order valence-electron chi connectivity index (χ2n) is 6.20. The molecule has 0 bridgehead atoms. The minimum Gasteiger partial charge on any atom is -0.506 e. The van der Waals surface area contributed by atoms with Gasteiger partial charge in [0.1, 0.15) is 5.75 Å². The van der Waals surface area contributed by atoms with Crippen LogP contribution in [0.15, 0.2) is 36.4 Å². The maximum atomic E-state index is 12.3. The average Bonchev–Trinajstić information content (AvgIpc) is 2.61. The highest BCUT2D eigenvalue weighted by molar-refractivity contribution is 6.44. The zero-order chi connectivity index (χ0) is 18.7. The Labute approximate surface area is 167 Å². The van der Waals surface area contributed by atoms with E-state index in [-0.39, 0.29) is 11.7 Å². The lowest BCUT2D eigenvalue weighted by molar-refractivity contribution is -0.892. The molecule has 1 aliphatic rings. The van der Waals surface area contributed by atoms with Gasteiger partial charge in [-0.15, -0.1) is 0 Å². The Balaban J connectivity index is 1.54. The third kappa shape index (κ3) is 4.54. The fraction of sp³-hybridized carbons (Fsp3) is 0.278. The van der Waals surface area contributed by atoms with Crippen molar-refractivity contribution in [3.8, 4) is 5.75 Å². The summed E-state index contributed by atoms with van der Waals surface area (Å²) in [4.78, 5) is 15.6. The highest BCUT2D eigenvalue weighted by Gasteiger charge is 2.24. The van der Waals surface area contributed by atoms with Crippen LogP contribution in [0, 0.1) is 0 Å². The number of amides is 1. The van der Waals surface area contributed by atoms with Crippen molar-refractivity contribution < 1.29 is 14.8 Å². The number of hydrogen-bond donors (Lipinski definition) is 3. The number of piperazine rings is 1. The zero-order valence-electron chi connectivity index (χ0n) is 13.9. The molecule has 0 aromatic heterocycles. The lowest BCUT2D eigenvalue weighted by Crippen LogP contribution is -3.15. The average molecular weight is 416 g/mol. The van der Waals surface area contributed by atoms with Crippen LogP contribution in [-0.4, -0.2) is 43.7 Å². The summed E-state index contributed by atoms with van der Waals surface area (Å²) in [5.41, 5.74) is 1.29. The predicted octanol–water partition coefficient (Wildman–Crippen LogP) is 2.70. The molecule has 1 amide bonds. The molecule has 138 valence electrons. The van der Waals surface area contributed by atoms with Gasteiger partial charge in [0.15, 0.2) is 6.54 Å². The molecule has 0 atom stereocenters. The second-order valence-corrected chi connectivity index (χ2v) is 7.42. The predicted molar refractivity (Wildman–Crippen MR) is 106 cm³/mol. The number of quaternary nitrogens is 1. The maximum absolute atomic E-state index is 12.3. The van der Waals surface area contributed by atoms with Gasteiger partial charge in [-0.1, -0.05) is 46.9 Å². The van der Waals surface area contributed by atoms with Crippen molar-refractivity contribution in [1.29, 1.82) is 0 Å². The van der Waals surface area contributed by atoms with E-state index < -0.39 is 0 Å². The molecule has 0 aliphatic carbocycles. The fourth-order valence-corrected chi connectivity index (χ4v) is 3.61. The number of aromatic hydroxyl groups is 1. The standard InChI is InChI=1S/C18H18Cl3N3O2/c19-12-9-14(21)15(10-13(12)20)22-18(26)11-23-5-7-24(8-6-23)16-3-1-2-4-17(16)25/h1-4,9-10,25H,5-8,11H2,(H,22,26)/p+1. The summed E-state index contributed by atoms with van der Waals surface area (Å²) < 4.78 is 0. The number of phenols is 1. The van der Waals surface area contributed by atoms with Gasteiger partial charge < -0.3 is 20.2 Å². The molecule has 2 aromatic carbocycles. The first-order valence-electron chi connectivity index (χ1n) is 8.25. The molecule has 8 heteroatoms. The number of hydrogen-bond acceptors (Lipinski definition) is 3. The van der Waals surface area contributed by atoms with Crippen molar-refractivity contribution in [3.05, 3.63) is 51.5 Å². The summed E-state index contributed by atoms with van der Waals surface area (Å²) in [7, 11) is 0. The highest BCUT2D eigenvalue weighted by atomic mass is 35.5. The first-order valence-corrected chi connectivity index (χ1v) is 9.38. The monoisotopic (exact) mass is 414 g/mol. The minimum atomic E-state index is -0.128. The van der Waals surface area contributed by atoms with Gasteiger partial charge in [-0.25, -0.2) is 0 Å². The number of halogens is 3. The van der Waals surface area contributed by atoms with E-state index in [1.807, 2.05) is 12.1 Å². The molecule has 3 rings (SSSR count). The number of para-hydroxylation sites is 2. The topological polar surface area (TPSA) is 57.0 Å². The summed E-state index contributed by atoms with van der Waals surface area (Å²) >= 11 is 18.0. The van der Waals surface area contributed by atoms with Crippen molar-refractivity contribution >= 4 is 52.1 Å². The van der Waals surface area contributed by atoms with E-state index in [0.717, 1.165) is 31.9 Å². The van der Waals surface area contributed by atoms with Crippen molar-refractivity contribution in [1.82, 2.24) is 0 Å². The summed E-state index contributed by atoms with van der Waals surface area (Å²) in [6.07, 6.45) is 0. The Morgan fingerprint density at radius 1 is 1.08 bits per heavy atom. The molecule has 0 unspecified atom stereocenters. The van der Waals surface area contributed by atoms with Crippen LogP contribution in [0.2, 0.25) is 15.1 Å².